The van der Waals surface area contributed by atoms with Crippen molar-refractivity contribution in [2.24, 2.45) is 5.41 Å². The third-order valence-electron chi connectivity index (χ3n) is 6.60. The molecule has 1 fully saturated rings. The molecule has 5 heteroatoms. The Morgan fingerprint density at radius 3 is 2.24 bits per heavy atom. The quantitative estimate of drug-likeness (QED) is 0.603. The van der Waals surface area contributed by atoms with Crippen LogP contribution in [-0.4, -0.2) is 36.9 Å². The highest BCUT2D eigenvalue weighted by Gasteiger charge is 2.41. The van der Waals surface area contributed by atoms with Gasteiger partial charge in [0.25, 0.3) is 0 Å². The Kier molecular flexibility index (Phi) is 6.87. The average Bonchev–Trinajstić information content (AvgIpc) is 2.84. The molecule has 1 heterocycles. The van der Waals surface area contributed by atoms with Gasteiger partial charge in [-0.15, -0.1) is 0 Å². The van der Waals surface area contributed by atoms with E-state index in [0.29, 0.717) is 37.9 Å². The number of hydrogen-bond donors (Lipinski definition) is 1. The van der Waals surface area contributed by atoms with Gasteiger partial charge in [0.05, 0.1) is 11.8 Å². The van der Waals surface area contributed by atoms with Gasteiger partial charge in [-0.25, -0.2) is 4.39 Å². The van der Waals surface area contributed by atoms with E-state index in [-0.39, 0.29) is 24.1 Å². The third-order valence-corrected chi connectivity index (χ3v) is 6.60. The van der Waals surface area contributed by atoms with E-state index in [1.165, 1.54) is 12.1 Å². The van der Waals surface area contributed by atoms with Crippen LogP contribution in [0.1, 0.15) is 24.0 Å². The van der Waals surface area contributed by atoms with Crippen molar-refractivity contribution in [1.29, 1.82) is 0 Å². The molecule has 1 aliphatic rings. The average molecular weight is 445 g/mol. The molecule has 4 rings (SSSR count). The van der Waals surface area contributed by atoms with Crippen LogP contribution in [0.2, 0.25) is 0 Å². The predicted molar refractivity (Wildman–Crippen MR) is 128 cm³/mol. The summed E-state index contributed by atoms with van der Waals surface area (Å²) in [5.41, 5.74) is 3.49. The van der Waals surface area contributed by atoms with Crippen LogP contribution in [0, 0.1) is 11.2 Å². The molecule has 2 amide bonds. The fraction of sp³-hybridized carbons (Fsp3) is 0.286. The molecule has 0 aromatic heterocycles. The molecule has 3 aromatic rings. The molecule has 1 aliphatic heterocycles. The van der Waals surface area contributed by atoms with Crippen molar-refractivity contribution in [2.45, 2.75) is 25.7 Å². The van der Waals surface area contributed by atoms with Crippen molar-refractivity contribution in [2.75, 3.05) is 20.1 Å². The second-order valence-electron chi connectivity index (χ2n) is 8.79. The minimum atomic E-state index is -0.556. The van der Waals surface area contributed by atoms with E-state index in [0.717, 1.165) is 16.7 Å². The number of benzene rings is 3. The number of carbonyl (C=O) groups excluding carboxylic acids is 2. The van der Waals surface area contributed by atoms with Crippen molar-refractivity contribution >= 4 is 11.8 Å². The lowest BCUT2D eigenvalue weighted by atomic mass is 9.72. The summed E-state index contributed by atoms with van der Waals surface area (Å²) in [6.07, 6.45) is 1.98. The lowest BCUT2D eigenvalue weighted by Gasteiger charge is -2.40. The maximum atomic E-state index is 13.5. The first-order valence-electron chi connectivity index (χ1n) is 11.4. The molecule has 3 aromatic carbocycles. The van der Waals surface area contributed by atoms with Crippen LogP contribution in [0.3, 0.4) is 0 Å². The number of likely N-dealkylation sites (tertiary alicyclic amines) is 1. The van der Waals surface area contributed by atoms with Gasteiger partial charge in [-0.05, 0) is 53.6 Å². The molecule has 4 nitrogen and oxygen atoms in total. The van der Waals surface area contributed by atoms with E-state index in [2.05, 4.69) is 35.6 Å². The molecule has 0 unspecified atom stereocenters. The molecule has 0 aliphatic carbocycles. The number of hydrogen-bond acceptors (Lipinski definition) is 2. The van der Waals surface area contributed by atoms with E-state index < -0.39 is 5.41 Å². The predicted octanol–water partition coefficient (Wildman–Crippen LogP) is 4.63. The van der Waals surface area contributed by atoms with E-state index in [1.807, 2.05) is 24.3 Å². The summed E-state index contributed by atoms with van der Waals surface area (Å²) in [5.74, 6) is -0.350. The first kappa shape index (κ1) is 22.7. The minimum absolute atomic E-state index is 0.0184. The molecular weight excluding hydrogens is 415 g/mol. The molecule has 0 atom stereocenters. The van der Waals surface area contributed by atoms with Gasteiger partial charge in [0.15, 0.2) is 0 Å². The number of piperidine rings is 1. The van der Waals surface area contributed by atoms with Gasteiger partial charge in [0.2, 0.25) is 11.8 Å². The summed E-state index contributed by atoms with van der Waals surface area (Å²) in [7, 11) is 1.67. The molecule has 33 heavy (non-hydrogen) atoms. The maximum absolute atomic E-state index is 13.5. The van der Waals surface area contributed by atoms with E-state index in [1.54, 1.807) is 24.1 Å². The molecule has 0 bridgehead atoms. The fourth-order valence-corrected chi connectivity index (χ4v) is 4.75. The monoisotopic (exact) mass is 444 g/mol. The zero-order valence-electron chi connectivity index (χ0n) is 18.9. The highest BCUT2D eigenvalue weighted by atomic mass is 19.1. The summed E-state index contributed by atoms with van der Waals surface area (Å²) < 4.78 is 13.5. The van der Waals surface area contributed by atoms with Crippen LogP contribution in [-0.2, 0) is 22.4 Å². The highest BCUT2D eigenvalue weighted by Crippen LogP contribution is 2.36. The second-order valence-corrected chi connectivity index (χ2v) is 8.79. The first-order chi connectivity index (χ1) is 16.0. The topological polar surface area (TPSA) is 49.4 Å². The van der Waals surface area contributed by atoms with Crippen LogP contribution >= 0.6 is 0 Å². The molecule has 1 saturated heterocycles. The molecule has 1 N–H and O–H groups in total. The summed E-state index contributed by atoms with van der Waals surface area (Å²) in [6.45, 7) is 1.03. The Labute approximate surface area is 194 Å². The van der Waals surface area contributed by atoms with Gasteiger partial charge in [0.1, 0.15) is 5.82 Å². The van der Waals surface area contributed by atoms with Crippen LogP contribution in [0.15, 0.2) is 78.9 Å². The van der Waals surface area contributed by atoms with E-state index >= 15 is 0 Å². The van der Waals surface area contributed by atoms with Crippen LogP contribution in [0.5, 0.6) is 0 Å². The third kappa shape index (κ3) is 5.30. The molecule has 0 spiro atoms. The maximum Gasteiger partial charge on any atom is 0.226 e. The Bertz CT molecular complexity index is 1120. The number of nitrogens with zero attached hydrogens (tertiary/aromatic N) is 1. The smallest absolute Gasteiger partial charge is 0.226 e. The zero-order valence-corrected chi connectivity index (χ0v) is 18.9. The summed E-state index contributed by atoms with van der Waals surface area (Å²) >= 11 is 0. The van der Waals surface area contributed by atoms with Gasteiger partial charge in [-0.1, -0.05) is 66.7 Å². The van der Waals surface area contributed by atoms with Crippen molar-refractivity contribution in [3.63, 3.8) is 0 Å². The van der Waals surface area contributed by atoms with E-state index in [9.17, 15) is 14.0 Å². The lowest BCUT2D eigenvalue weighted by molar-refractivity contribution is -0.140. The highest BCUT2D eigenvalue weighted by molar-refractivity contribution is 5.84. The van der Waals surface area contributed by atoms with Gasteiger partial charge in [-0.3, -0.25) is 9.59 Å². The van der Waals surface area contributed by atoms with Gasteiger partial charge < -0.3 is 10.2 Å². The fourth-order valence-electron chi connectivity index (χ4n) is 4.75. The number of halogens is 1. The van der Waals surface area contributed by atoms with Crippen molar-refractivity contribution in [1.82, 2.24) is 10.2 Å². The normalized spacial score (nSPS) is 15.2. The largest absolute Gasteiger partial charge is 0.359 e. The van der Waals surface area contributed by atoms with Gasteiger partial charge >= 0.3 is 0 Å². The zero-order chi connectivity index (χ0) is 23.3. The number of amides is 2. The van der Waals surface area contributed by atoms with Gasteiger partial charge in [-0.2, -0.15) is 0 Å². The van der Waals surface area contributed by atoms with Crippen LogP contribution in [0.4, 0.5) is 4.39 Å². The lowest BCUT2D eigenvalue weighted by Crippen LogP contribution is -2.50. The van der Waals surface area contributed by atoms with Gasteiger partial charge in [0, 0.05) is 20.1 Å². The second kappa shape index (κ2) is 9.99. The number of carbonyl (C=O) groups is 2. The Balaban J connectivity index is 1.47. The number of nitrogens with one attached hydrogen (secondary N) is 1. The summed E-state index contributed by atoms with van der Waals surface area (Å²) in [6, 6.07) is 24.7. The minimum Gasteiger partial charge on any atom is -0.359 e. The number of rotatable bonds is 6. The first-order valence-corrected chi connectivity index (χ1v) is 11.4. The Morgan fingerprint density at radius 2 is 1.55 bits per heavy atom. The van der Waals surface area contributed by atoms with Crippen molar-refractivity contribution in [3.05, 3.63) is 95.8 Å². The Hall–Kier alpha value is -3.47. The van der Waals surface area contributed by atoms with Crippen LogP contribution < -0.4 is 5.32 Å². The van der Waals surface area contributed by atoms with Crippen molar-refractivity contribution in [3.8, 4) is 11.1 Å². The standard InChI is InChI=1S/C28H29FN2O2/c1-30-27(33)28(20-22-8-5-11-24(17-22)23-9-3-2-4-10-23)13-15-31(16-14-28)26(32)19-21-7-6-12-25(29)18-21/h2-12,17-18H,13-16,19-20H2,1H3,(H,30,33). The Morgan fingerprint density at radius 1 is 0.879 bits per heavy atom. The van der Waals surface area contributed by atoms with E-state index in [4.69, 9.17) is 0 Å². The molecule has 0 radical (unpaired) electrons. The molecular formula is C28H29FN2O2. The molecule has 0 saturated carbocycles. The van der Waals surface area contributed by atoms with Crippen molar-refractivity contribution < 1.29 is 14.0 Å². The van der Waals surface area contributed by atoms with Crippen LogP contribution in [0.25, 0.3) is 11.1 Å². The summed E-state index contributed by atoms with van der Waals surface area (Å²) in [4.78, 5) is 27.6. The molecule has 170 valence electrons. The SMILES string of the molecule is CNC(=O)C1(Cc2cccc(-c3ccccc3)c2)CCN(C(=O)Cc2cccc(F)c2)CC1. The summed E-state index contributed by atoms with van der Waals surface area (Å²) in [5, 5.41) is 2.85.